The molecule has 2 N–H and O–H groups in total. The summed E-state index contributed by atoms with van der Waals surface area (Å²) in [5.74, 6) is -0.361. The molecule has 0 aliphatic carbocycles. The number of hydrogen-bond donors (Lipinski definition) is 1. The number of rotatable bonds is 3. The van der Waals surface area contributed by atoms with Crippen LogP contribution in [-0.4, -0.2) is 35.8 Å². The molecular formula is C9H17NO4S. The Kier molecular flexibility index (Phi) is 5.67. The fourth-order valence-corrected chi connectivity index (χ4v) is 1.17. The summed E-state index contributed by atoms with van der Waals surface area (Å²) < 4.78 is 9.19. The van der Waals surface area contributed by atoms with Gasteiger partial charge in [-0.25, -0.2) is 9.59 Å². The molecule has 0 radical (unpaired) electrons. The van der Waals surface area contributed by atoms with Crippen molar-refractivity contribution in [2.24, 2.45) is 5.73 Å². The maximum atomic E-state index is 11.2. The summed E-state index contributed by atoms with van der Waals surface area (Å²) in [5, 5.41) is 0. The van der Waals surface area contributed by atoms with E-state index in [1.54, 1.807) is 27.0 Å². The summed E-state index contributed by atoms with van der Waals surface area (Å²) >= 11 is 1.40. The van der Waals surface area contributed by atoms with Crippen LogP contribution in [0.25, 0.3) is 0 Å². The molecule has 0 aromatic rings. The number of thioether (sulfide) groups is 1. The van der Waals surface area contributed by atoms with Gasteiger partial charge in [0.25, 0.3) is 0 Å². The smallest absolute Gasteiger partial charge is 0.428 e. The van der Waals surface area contributed by atoms with Gasteiger partial charge >= 0.3 is 12.1 Å². The molecule has 0 saturated carbocycles. The number of carbonyl (C=O) groups excluding carboxylic acids is 2. The average Bonchev–Trinajstić information content (AvgIpc) is 2.00. The summed E-state index contributed by atoms with van der Waals surface area (Å²) in [7, 11) is 0. The van der Waals surface area contributed by atoms with E-state index < -0.39 is 23.8 Å². The third-order valence-electron chi connectivity index (χ3n) is 1.22. The summed E-state index contributed by atoms with van der Waals surface area (Å²) in [6.07, 6.45) is 0.796. The summed E-state index contributed by atoms with van der Waals surface area (Å²) in [4.78, 5) is 22.2. The first-order chi connectivity index (χ1) is 6.76. The van der Waals surface area contributed by atoms with E-state index in [0.29, 0.717) is 5.75 Å². The average molecular weight is 235 g/mol. The van der Waals surface area contributed by atoms with Crippen molar-refractivity contribution in [3.63, 3.8) is 0 Å². The number of nitrogens with two attached hydrogens (primary N) is 1. The Balaban J connectivity index is 4.02. The molecule has 6 heteroatoms. The fraction of sp³-hybridized carbons (Fsp3) is 0.778. The molecule has 0 bridgehead atoms. The molecule has 0 spiro atoms. The van der Waals surface area contributed by atoms with Crippen molar-refractivity contribution in [2.45, 2.75) is 32.4 Å². The van der Waals surface area contributed by atoms with E-state index in [2.05, 4.69) is 4.74 Å². The molecule has 15 heavy (non-hydrogen) atoms. The van der Waals surface area contributed by atoms with Crippen LogP contribution in [0.15, 0.2) is 0 Å². The normalized spacial score (nSPS) is 13.1. The maximum absolute atomic E-state index is 11.2. The SMILES string of the molecule is CSC[C@H](N)C(=O)OC(=O)OC(C)(C)C. The molecular weight excluding hydrogens is 218 g/mol. The van der Waals surface area contributed by atoms with Gasteiger partial charge in [0.1, 0.15) is 11.6 Å². The van der Waals surface area contributed by atoms with Crippen LogP contribution in [-0.2, 0) is 14.3 Å². The van der Waals surface area contributed by atoms with Crippen molar-refractivity contribution >= 4 is 23.9 Å². The van der Waals surface area contributed by atoms with Gasteiger partial charge in [0.15, 0.2) is 0 Å². The minimum Gasteiger partial charge on any atom is -0.428 e. The van der Waals surface area contributed by atoms with Crippen molar-refractivity contribution in [3.05, 3.63) is 0 Å². The third-order valence-corrected chi connectivity index (χ3v) is 1.91. The van der Waals surface area contributed by atoms with Gasteiger partial charge in [-0.1, -0.05) is 0 Å². The van der Waals surface area contributed by atoms with Gasteiger partial charge in [0.2, 0.25) is 0 Å². The van der Waals surface area contributed by atoms with Gasteiger partial charge < -0.3 is 15.2 Å². The second-order valence-corrected chi connectivity index (χ2v) is 4.86. The van der Waals surface area contributed by atoms with Crippen molar-refractivity contribution in [1.82, 2.24) is 0 Å². The second-order valence-electron chi connectivity index (χ2n) is 3.95. The van der Waals surface area contributed by atoms with Crippen molar-refractivity contribution < 1.29 is 19.1 Å². The number of carbonyl (C=O) groups is 2. The van der Waals surface area contributed by atoms with Crippen LogP contribution in [0.5, 0.6) is 0 Å². The molecule has 0 rings (SSSR count). The van der Waals surface area contributed by atoms with Gasteiger partial charge in [-0.15, -0.1) is 0 Å². The van der Waals surface area contributed by atoms with Crippen molar-refractivity contribution in [2.75, 3.05) is 12.0 Å². The zero-order valence-electron chi connectivity index (χ0n) is 9.40. The molecule has 0 amide bonds. The molecule has 88 valence electrons. The van der Waals surface area contributed by atoms with Crippen molar-refractivity contribution in [3.8, 4) is 0 Å². The zero-order valence-corrected chi connectivity index (χ0v) is 10.2. The van der Waals surface area contributed by atoms with E-state index in [9.17, 15) is 9.59 Å². The second kappa shape index (κ2) is 5.97. The van der Waals surface area contributed by atoms with Gasteiger partial charge in [-0.3, -0.25) is 0 Å². The van der Waals surface area contributed by atoms with E-state index in [1.807, 2.05) is 0 Å². The summed E-state index contributed by atoms with van der Waals surface area (Å²) in [5.41, 5.74) is 4.76. The van der Waals surface area contributed by atoms with Gasteiger partial charge in [0, 0.05) is 5.75 Å². The van der Waals surface area contributed by atoms with Crippen LogP contribution < -0.4 is 5.73 Å². The van der Waals surface area contributed by atoms with E-state index in [-0.39, 0.29) is 0 Å². The highest BCUT2D eigenvalue weighted by Gasteiger charge is 2.23. The lowest BCUT2D eigenvalue weighted by atomic mass is 10.2. The molecule has 0 saturated heterocycles. The van der Waals surface area contributed by atoms with Crippen LogP contribution in [0, 0.1) is 0 Å². The van der Waals surface area contributed by atoms with Gasteiger partial charge in [-0.05, 0) is 27.0 Å². The van der Waals surface area contributed by atoms with Crippen LogP contribution in [0.1, 0.15) is 20.8 Å². The third kappa shape index (κ3) is 7.21. The first-order valence-corrected chi connectivity index (χ1v) is 5.85. The summed E-state index contributed by atoms with van der Waals surface area (Å²) in [6, 6.07) is -0.799. The highest BCUT2D eigenvalue weighted by molar-refractivity contribution is 7.98. The van der Waals surface area contributed by atoms with Crippen LogP contribution in [0.4, 0.5) is 4.79 Å². The Morgan fingerprint density at radius 3 is 2.33 bits per heavy atom. The number of esters is 1. The fourth-order valence-electron chi connectivity index (χ4n) is 0.676. The Labute approximate surface area is 93.7 Å². The molecule has 0 aliphatic heterocycles. The minimum absolute atomic E-state index is 0.404. The van der Waals surface area contributed by atoms with Crippen LogP contribution >= 0.6 is 11.8 Å². The topological polar surface area (TPSA) is 78.6 Å². The molecule has 5 nitrogen and oxygen atoms in total. The van der Waals surface area contributed by atoms with Gasteiger partial charge in [0.05, 0.1) is 0 Å². The lowest BCUT2D eigenvalue weighted by Crippen LogP contribution is -2.37. The molecule has 0 aromatic heterocycles. The molecule has 0 unspecified atom stereocenters. The molecule has 0 aliphatic rings. The highest BCUT2D eigenvalue weighted by atomic mass is 32.2. The molecule has 0 heterocycles. The Bertz CT molecular complexity index is 237. The predicted molar refractivity (Wildman–Crippen MR) is 58.7 cm³/mol. The van der Waals surface area contributed by atoms with E-state index in [0.717, 1.165) is 0 Å². The lowest BCUT2D eigenvalue weighted by molar-refractivity contribution is -0.142. The molecule has 1 atom stereocenters. The van der Waals surface area contributed by atoms with Crippen molar-refractivity contribution in [1.29, 1.82) is 0 Å². The monoisotopic (exact) mass is 235 g/mol. The predicted octanol–water partition coefficient (Wildman–Crippen LogP) is 1.15. The van der Waals surface area contributed by atoms with E-state index in [1.165, 1.54) is 11.8 Å². The largest absolute Gasteiger partial charge is 0.516 e. The van der Waals surface area contributed by atoms with Crippen LogP contribution in [0.2, 0.25) is 0 Å². The number of hydrogen-bond acceptors (Lipinski definition) is 6. The lowest BCUT2D eigenvalue weighted by Gasteiger charge is -2.18. The zero-order chi connectivity index (χ0) is 12.1. The Hall–Kier alpha value is -0.750. The molecule has 0 fully saturated rings. The first-order valence-electron chi connectivity index (χ1n) is 4.45. The van der Waals surface area contributed by atoms with Crippen LogP contribution in [0.3, 0.4) is 0 Å². The summed E-state index contributed by atoms with van der Waals surface area (Å²) in [6.45, 7) is 5.04. The standard InChI is InChI=1S/C9H17NO4S/c1-9(2,3)14-8(12)13-7(11)6(10)5-15-4/h6H,5,10H2,1-4H3/t6-/m0/s1. The van der Waals surface area contributed by atoms with E-state index in [4.69, 9.17) is 10.5 Å². The highest BCUT2D eigenvalue weighted by Crippen LogP contribution is 2.08. The maximum Gasteiger partial charge on any atom is 0.516 e. The minimum atomic E-state index is -1.01. The van der Waals surface area contributed by atoms with Gasteiger partial charge in [-0.2, -0.15) is 11.8 Å². The quantitative estimate of drug-likeness (QED) is 0.584. The Morgan fingerprint density at radius 1 is 1.40 bits per heavy atom. The Morgan fingerprint density at radius 2 is 1.93 bits per heavy atom. The number of ether oxygens (including phenoxy) is 2. The molecule has 0 aromatic carbocycles. The van der Waals surface area contributed by atoms with E-state index >= 15 is 0 Å². The first kappa shape index (κ1) is 14.2.